The van der Waals surface area contributed by atoms with Gasteiger partial charge in [0.05, 0.1) is 24.3 Å². The third-order valence-electron chi connectivity index (χ3n) is 6.86. The van der Waals surface area contributed by atoms with E-state index < -0.39 is 36.2 Å². The molecule has 2 heterocycles. The highest BCUT2D eigenvalue weighted by molar-refractivity contribution is 5.97. The Labute approximate surface area is 216 Å². The number of nitrogens with one attached hydrogen (secondary N) is 2. The van der Waals surface area contributed by atoms with Crippen LogP contribution in [0.5, 0.6) is 0 Å². The Morgan fingerprint density at radius 3 is 2.22 bits per heavy atom. The molecule has 4 rings (SSSR count). The maximum atomic E-state index is 14.6. The van der Waals surface area contributed by atoms with E-state index in [2.05, 4.69) is 19.2 Å². The molecule has 1 fully saturated rings. The SMILES string of the molecule is CC(C)c1ccc([C@@H](NC(=O)[C@@H]2C[C@@H](F)CN2C(=O)c2cccn(C(C)N)c2=N)c2ccccc2)cc1. The summed E-state index contributed by atoms with van der Waals surface area (Å²) >= 11 is 0. The number of carbonyl (C=O) groups is 2. The summed E-state index contributed by atoms with van der Waals surface area (Å²) in [5, 5.41) is 11.5. The predicted molar refractivity (Wildman–Crippen MR) is 140 cm³/mol. The van der Waals surface area contributed by atoms with Gasteiger partial charge in [0.1, 0.15) is 17.7 Å². The van der Waals surface area contributed by atoms with Crippen molar-refractivity contribution in [3.63, 3.8) is 0 Å². The van der Waals surface area contributed by atoms with Crippen LogP contribution in [-0.4, -0.2) is 40.0 Å². The van der Waals surface area contributed by atoms with Gasteiger partial charge in [0.15, 0.2) is 0 Å². The first kappa shape index (κ1) is 26.3. The molecule has 8 heteroatoms. The number of aromatic nitrogens is 1. The average molecular weight is 504 g/mol. The highest BCUT2D eigenvalue weighted by Crippen LogP contribution is 2.27. The Bertz CT molecular complexity index is 1300. The minimum absolute atomic E-state index is 0.0728. The molecule has 0 radical (unpaired) electrons. The molecule has 2 amide bonds. The van der Waals surface area contributed by atoms with Gasteiger partial charge in [-0.05, 0) is 41.7 Å². The summed E-state index contributed by atoms with van der Waals surface area (Å²) in [5.74, 6) is -0.616. The lowest BCUT2D eigenvalue weighted by molar-refractivity contribution is -0.125. The number of hydrogen-bond acceptors (Lipinski definition) is 4. The Morgan fingerprint density at radius 1 is 0.973 bits per heavy atom. The second-order valence-electron chi connectivity index (χ2n) is 9.90. The van der Waals surface area contributed by atoms with E-state index in [0.29, 0.717) is 5.92 Å². The highest BCUT2D eigenvalue weighted by atomic mass is 19.1. The Balaban J connectivity index is 1.63. The van der Waals surface area contributed by atoms with Gasteiger partial charge in [-0.25, -0.2) is 4.39 Å². The zero-order valence-corrected chi connectivity index (χ0v) is 21.4. The molecule has 1 aliphatic heterocycles. The summed E-state index contributed by atoms with van der Waals surface area (Å²) in [5.41, 5.74) is 8.89. The van der Waals surface area contributed by atoms with Crippen LogP contribution in [0.3, 0.4) is 0 Å². The zero-order valence-electron chi connectivity index (χ0n) is 21.4. The summed E-state index contributed by atoms with van der Waals surface area (Å²) < 4.78 is 16.1. The van der Waals surface area contributed by atoms with Gasteiger partial charge >= 0.3 is 0 Å². The lowest BCUT2D eigenvalue weighted by atomic mass is 9.95. The van der Waals surface area contributed by atoms with Crippen LogP contribution in [0.1, 0.15) is 72.4 Å². The largest absolute Gasteiger partial charge is 0.343 e. The number of pyridine rings is 1. The summed E-state index contributed by atoms with van der Waals surface area (Å²) in [6, 6.07) is 19.3. The highest BCUT2D eigenvalue weighted by Gasteiger charge is 2.41. The van der Waals surface area contributed by atoms with Gasteiger partial charge in [0.2, 0.25) is 5.91 Å². The first-order chi connectivity index (χ1) is 17.7. The minimum atomic E-state index is -1.33. The molecule has 194 valence electrons. The molecule has 1 aliphatic rings. The van der Waals surface area contributed by atoms with Crippen molar-refractivity contribution in [2.45, 2.75) is 57.5 Å². The maximum Gasteiger partial charge on any atom is 0.258 e. The van der Waals surface area contributed by atoms with Gasteiger partial charge in [-0.15, -0.1) is 0 Å². The topological polar surface area (TPSA) is 104 Å². The van der Waals surface area contributed by atoms with Crippen molar-refractivity contribution in [1.82, 2.24) is 14.8 Å². The third kappa shape index (κ3) is 5.64. The van der Waals surface area contributed by atoms with E-state index in [1.54, 1.807) is 19.2 Å². The van der Waals surface area contributed by atoms with Crippen LogP contribution in [0.25, 0.3) is 0 Å². The second kappa shape index (κ2) is 11.1. The molecular weight excluding hydrogens is 469 g/mol. The molecule has 3 aromatic rings. The van der Waals surface area contributed by atoms with Crippen molar-refractivity contribution in [3.8, 4) is 0 Å². The predicted octanol–water partition coefficient (Wildman–Crippen LogP) is 4.03. The Morgan fingerprint density at radius 2 is 1.59 bits per heavy atom. The first-order valence-corrected chi connectivity index (χ1v) is 12.6. The quantitative estimate of drug-likeness (QED) is 0.453. The second-order valence-corrected chi connectivity index (χ2v) is 9.90. The molecule has 2 aromatic carbocycles. The Kier molecular flexibility index (Phi) is 7.88. The lowest BCUT2D eigenvalue weighted by Crippen LogP contribution is -2.48. The van der Waals surface area contributed by atoms with Crippen molar-refractivity contribution in [2.24, 2.45) is 5.73 Å². The molecule has 1 saturated heterocycles. The van der Waals surface area contributed by atoms with Crippen LogP contribution in [0.4, 0.5) is 4.39 Å². The van der Waals surface area contributed by atoms with Crippen LogP contribution in [0, 0.1) is 5.41 Å². The van der Waals surface area contributed by atoms with Crippen molar-refractivity contribution in [1.29, 1.82) is 5.41 Å². The average Bonchev–Trinajstić information content (AvgIpc) is 3.29. The normalized spacial score (nSPS) is 19.0. The maximum absolute atomic E-state index is 14.6. The van der Waals surface area contributed by atoms with E-state index >= 15 is 0 Å². The van der Waals surface area contributed by atoms with E-state index in [1.807, 2.05) is 54.6 Å². The summed E-state index contributed by atoms with van der Waals surface area (Å²) in [6.45, 7) is 5.74. The fourth-order valence-corrected chi connectivity index (χ4v) is 4.77. The monoisotopic (exact) mass is 503 g/mol. The number of nitrogens with two attached hydrogens (primary N) is 1. The van der Waals surface area contributed by atoms with Gasteiger partial charge in [0.25, 0.3) is 5.91 Å². The van der Waals surface area contributed by atoms with Crippen molar-refractivity contribution in [3.05, 3.63) is 101 Å². The van der Waals surface area contributed by atoms with Crippen LogP contribution >= 0.6 is 0 Å². The fraction of sp³-hybridized carbons (Fsp3) is 0.345. The number of amides is 2. The first-order valence-electron chi connectivity index (χ1n) is 12.6. The van der Waals surface area contributed by atoms with Crippen LogP contribution < -0.4 is 16.5 Å². The zero-order chi connectivity index (χ0) is 26.7. The van der Waals surface area contributed by atoms with Gasteiger partial charge in [-0.2, -0.15) is 0 Å². The molecular formula is C29H34FN5O2. The number of halogens is 1. The molecule has 4 atom stereocenters. The number of benzene rings is 2. The number of rotatable bonds is 7. The van der Waals surface area contributed by atoms with Gasteiger partial charge < -0.3 is 20.5 Å². The molecule has 4 N–H and O–H groups in total. The number of carbonyl (C=O) groups excluding carboxylic acids is 2. The summed E-state index contributed by atoms with van der Waals surface area (Å²) in [6.07, 6.45) is -0.330. The Hall–Kier alpha value is -3.78. The molecule has 37 heavy (non-hydrogen) atoms. The third-order valence-corrected chi connectivity index (χ3v) is 6.86. The number of nitrogens with zero attached hydrogens (tertiary/aromatic N) is 2. The molecule has 1 aromatic heterocycles. The summed E-state index contributed by atoms with van der Waals surface area (Å²) in [4.78, 5) is 28.3. The number of alkyl halides is 1. The number of hydrogen-bond donors (Lipinski definition) is 3. The van der Waals surface area contributed by atoms with E-state index in [9.17, 15) is 14.0 Å². The molecule has 0 spiro atoms. The van der Waals surface area contributed by atoms with Gasteiger partial charge in [0, 0.05) is 12.6 Å². The van der Waals surface area contributed by atoms with E-state index in [-0.39, 0.29) is 24.0 Å². The standard InChI is InChI=1S/C29H34FN5O2/c1-18(2)20-11-13-22(14-12-20)26(21-8-5-4-6-9-21)33-28(36)25-16-23(30)17-35(25)29(37)24-10-7-15-34(19(3)31)27(24)32/h4-15,18-19,23,25-26,32H,16-17,31H2,1-3H3,(H,33,36)/t19?,23-,25+,26+/m1/s1. The molecule has 0 saturated carbocycles. The van der Waals surface area contributed by atoms with Crippen LogP contribution in [0.15, 0.2) is 72.9 Å². The minimum Gasteiger partial charge on any atom is -0.343 e. The molecule has 7 nitrogen and oxygen atoms in total. The smallest absolute Gasteiger partial charge is 0.258 e. The van der Waals surface area contributed by atoms with Crippen molar-refractivity contribution < 1.29 is 14.0 Å². The van der Waals surface area contributed by atoms with Crippen molar-refractivity contribution >= 4 is 11.8 Å². The molecule has 0 bridgehead atoms. The van der Waals surface area contributed by atoms with Gasteiger partial charge in [-0.3, -0.25) is 15.0 Å². The molecule has 0 aliphatic carbocycles. The van der Waals surface area contributed by atoms with Gasteiger partial charge in [-0.1, -0.05) is 68.4 Å². The van der Waals surface area contributed by atoms with Crippen molar-refractivity contribution in [2.75, 3.05) is 6.54 Å². The lowest BCUT2D eigenvalue weighted by Gasteiger charge is -2.27. The summed E-state index contributed by atoms with van der Waals surface area (Å²) in [7, 11) is 0. The number of likely N-dealkylation sites (tertiary alicyclic amines) is 1. The fourth-order valence-electron chi connectivity index (χ4n) is 4.77. The van der Waals surface area contributed by atoms with E-state index in [4.69, 9.17) is 11.1 Å². The molecule has 1 unspecified atom stereocenters. The van der Waals surface area contributed by atoms with Crippen LogP contribution in [0.2, 0.25) is 0 Å². The van der Waals surface area contributed by atoms with Crippen LogP contribution in [-0.2, 0) is 4.79 Å². The van der Waals surface area contributed by atoms with E-state index in [1.165, 1.54) is 21.1 Å². The van der Waals surface area contributed by atoms with E-state index in [0.717, 1.165) is 11.1 Å².